The lowest BCUT2D eigenvalue weighted by molar-refractivity contribution is 0.0480. The number of anilines is 1. The monoisotopic (exact) mass is 295 g/mol. The maximum Gasteiger partial charge on any atom is 0.258 e. The summed E-state index contributed by atoms with van der Waals surface area (Å²) in [6.07, 6.45) is 1.67. The van der Waals surface area contributed by atoms with Gasteiger partial charge in [-0.25, -0.2) is 4.98 Å². The minimum atomic E-state index is -0.0688. The molecular formula is C15H25N3O3. The number of aromatic nitrogens is 1. The second kappa shape index (κ2) is 9.31. The Kier molecular flexibility index (Phi) is 7.71. The molecule has 1 aromatic heterocycles. The van der Waals surface area contributed by atoms with Crippen LogP contribution in [0, 0.1) is 0 Å². The van der Waals surface area contributed by atoms with Crippen molar-refractivity contribution in [3.05, 3.63) is 23.9 Å². The molecule has 0 bridgehead atoms. The smallest absolute Gasteiger partial charge is 0.258 e. The Labute approximate surface area is 126 Å². The maximum absolute atomic E-state index is 12.8. The lowest BCUT2D eigenvalue weighted by Gasteiger charge is -2.29. The van der Waals surface area contributed by atoms with E-state index in [4.69, 9.17) is 9.47 Å². The van der Waals surface area contributed by atoms with E-state index in [0.29, 0.717) is 37.7 Å². The lowest BCUT2D eigenvalue weighted by Crippen LogP contribution is -2.43. The molecule has 1 aromatic rings. The van der Waals surface area contributed by atoms with Crippen LogP contribution in [0.3, 0.4) is 0 Å². The van der Waals surface area contributed by atoms with E-state index >= 15 is 0 Å². The minimum absolute atomic E-state index is 0.0349. The summed E-state index contributed by atoms with van der Waals surface area (Å²) < 4.78 is 10.3. The summed E-state index contributed by atoms with van der Waals surface area (Å²) in [4.78, 5) is 18.8. The summed E-state index contributed by atoms with van der Waals surface area (Å²) in [5.41, 5.74) is 0.568. The Hall–Kier alpha value is -1.66. The van der Waals surface area contributed by atoms with Gasteiger partial charge in [-0.05, 0) is 26.0 Å². The summed E-state index contributed by atoms with van der Waals surface area (Å²) in [6.45, 7) is 6.12. The van der Waals surface area contributed by atoms with E-state index in [2.05, 4.69) is 10.3 Å². The van der Waals surface area contributed by atoms with Crippen molar-refractivity contribution in [2.24, 2.45) is 0 Å². The number of ether oxygens (including phenoxy) is 2. The fraction of sp³-hybridized carbons (Fsp3) is 0.600. The van der Waals surface area contributed by atoms with Crippen molar-refractivity contribution in [1.82, 2.24) is 9.88 Å². The molecule has 1 amide bonds. The van der Waals surface area contributed by atoms with Crippen LogP contribution < -0.4 is 5.32 Å². The van der Waals surface area contributed by atoms with Gasteiger partial charge in [-0.3, -0.25) is 4.79 Å². The van der Waals surface area contributed by atoms with Gasteiger partial charge in [0.05, 0.1) is 24.8 Å². The van der Waals surface area contributed by atoms with Crippen molar-refractivity contribution in [2.45, 2.75) is 19.9 Å². The first kappa shape index (κ1) is 17.4. The molecule has 1 atom stereocenters. The van der Waals surface area contributed by atoms with Crippen LogP contribution >= 0.6 is 0 Å². The summed E-state index contributed by atoms with van der Waals surface area (Å²) in [5, 5.41) is 3.12. The molecule has 0 saturated carbocycles. The summed E-state index contributed by atoms with van der Waals surface area (Å²) in [6, 6.07) is 3.52. The van der Waals surface area contributed by atoms with Crippen LogP contribution in [0.5, 0.6) is 0 Å². The van der Waals surface area contributed by atoms with Crippen molar-refractivity contribution < 1.29 is 14.3 Å². The Morgan fingerprint density at radius 2 is 2.19 bits per heavy atom. The van der Waals surface area contributed by atoms with Crippen molar-refractivity contribution in [3.63, 3.8) is 0 Å². The molecule has 1 heterocycles. The van der Waals surface area contributed by atoms with Gasteiger partial charge in [-0.1, -0.05) is 0 Å². The zero-order chi connectivity index (χ0) is 15.7. The van der Waals surface area contributed by atoms with Crippen LogP contribution in [-0.2, 0) is 9.47 Å². The Morgan fingerprint density at radius 1 is 1.43 bits per heavy atom. The van der Waals surface area contributed by atoms with E-state index in [1.807, 2.05) is 13.8 Å². The molecule has 1 N–H and O–H groups in total. The first-order valence-electron chi connectivity index (χ1n) is 7.13. The molecule has 21 heavy (non-hydrogen) atoms. The number of hydrogen-bond acceptors (Lipinski definition) is 5. The van der Waals surface area contributed by atoms with Gasteiger partial charge in [-0.2, -0.15) is 0 Å². The second-order valence-electron chi connectivity index (χ2n) is 4.73. The molecule has 0 aliphatic rings. The Balaban J connectivity index is 2.98. The molecule has 0 fully saturated rings. The summed E-state index contributed by atoms with van der Waals surface area (Å²) in [7, 11) is 3.25. The van der Waals surface area contributed by atoms with Crippen LogP contribution in [0.15, 0.2) is 18.3 Å². The standard InChI is InChI=1S/C15H25N3O3/c1-5-16-14-13(7-6-8-17-14)15(19)18(9-10-20-3)12(2)11-21-4/h6-8,12H,5,9-11H2,1-4H3,(H,16,17). The van der Waals surface area contributed by atoms with Gasteiger partial charge < -0.3 is 19.7 Å². The highest BCUT2D eigenvalue weighted by molar-refractivity contribution is 5.98. The molecular weight excluding hydrogens is 270 g/mol. The number of hydrogen-bond donors (Lipinski definition) is 1. The van der Waals surface area contributed by atoms with E-state index in [1.54, 1.807) is 37.4 Å². The fourth-order valence-corrected chi connectivity index (χ4v) is 2.08. The van der Waals surface area contributed by atoms with E-state index in [0.717, 1.165) is 0 Å². The van der Waals surface area contributed by atoms with Gasteiger partial charge in [0.25, 0.3) is 5.91 Å². The normalized spacial score (nSPS) is 12.0. The number of methoxy groups -OCH3 is 2. The highest BCUT2D eigenvalue weighted by Crippen LogP contribution is 2.16. The topological polar surface area (TPSA) is 63.7 Å². The van der Waals surface area contributed by atoms with Crippen LogP contribution in [0.2, 0.25) is 0 Å². The molecule has 6 heteroatoms. The number of rotatable bonds is 9. The van der Waals surface area contributed by atoms with Crippen molar-refractivity contribution >= 4 is 11.7 Å². The molecule has 6 nitrogen and oxygen atoms in total. The largest absolute Gasteiger partial charge is 0.383 e. The number of amides is 1. The summed E-state index contributed by atoms with van der Waals surface area (Å²) in [5.74, 6) is 0.540. The number of nitrogens with one attached hydrogen (secondary N) is 1. The number of nitrogens with zero attached hydrogens (tertiary/aromatic N) is 2. The van der Waals surface area contributed by atoms with E-state index in [-0.39, 0.29) is 11.9 Å². The van der Waals surface area contributed by atoms with Gasteiger partial charge in [0.15, 0.2) is 0 Å². The summed E-state index contributed by atoms with van der Waals surface area (Å²) >= 11 is 0. The number of pyridine rings is 1. The van der Waals surface area contributed by atoms with Crippen LogP contribution in [0.1, 0.15) is 24.2 Å². The highest BCUT2D eigenvalue weighted by Gasteiger charge is 2.23. The SMILES string of the molecule is CCNc1ncccc1C(=O)N(CCOC)C(C)COC. The minimum Gasteiger partial charge on any atom is -0.383 e. The molecule has 0 spiro atoms. The molecule has 1 rings (SSSR count). The van der Waals surface area contributed by atoms with E-state index in [1.165, 1.54) is 0 Å². The quantitative estimate of drug-likeness (QED) is 0.750. The third-order valence-corrected chi connectivity index (χ3v) is 3.12. The molecule has 0 radical (unpaired) electrons. The van der Waals surface area contributed by atoms with Crippen molar-refractivity contribution in [3.8, 4) is 0 Å². The van der Waals surface area contributed by atoms with Gasteiger partial charge in [-0.15, -0.1) is 0 Å². The van der Waals surface area contributed by atoms with Crippen molar-refractivity contribution in [2.75, 3.05) is 45.8 Å². The zero-order valence-corrected chi connectivity index (χ0v) is 13.3. The van der Waals surface area contributed by atoms with E-state index < -0.39 is 0 Å². The average molecular weight is 295 g/mol. The van der Waals surface area contributed by atoms with Gasteiger partial charge in [0.2, 0.25) is 0 Å². The molecule has 118 valence electrons. The molecule has 0 aliphatic heterocycles. The van der Waals surface area contributed by atoms with Crippen LogP contribution in [0.4, 0.5) is 5.82 Å². The van der Waals surface area contributed by atoms with Gasteiger partial charge in [0, 0.05) is 33.5 Å². The molecule has 0 saturated heterocycles. The third-order valence-electron chi connectivity index (χ3n) is 3.12. The van der Waals surface area contributed by atoms with Gasteiger partial charge >= 0.3 is 0 Å². The molecule has 0 aliphatic carbocycles. The molecule has 0 aromatic carbocycles. The first-order valence-corrected chi connectivity index (χ1v) is 7.13. The Bertz CT molecular complexity index is 440. The van der Waals surface area contributed by atoms with Gasteiger partial charge in [0.1, 0.15) is 5.82 Å². The van der Waals surface area contributed by atoms with E-state index in [9.17, 15) is 4.79 Å². The van der Waals surface area contributed by atoms with Crippen LogP contribution in [-0.4, -0.2) is 62.4 Å². The molecule has 1 unspecified atom stereocenters. The predicted molar refractivity (Wildman–Crippen MR) is 82.7 cm³/mol. The Morgan fingerprint density at radius 3 is 2.81 bits per heavy atom. The number of carbonyl (C=O) groups excluding carboxylic acids is 1. The zero-order valence-electron chi connectivity index (χ0n) is 13.3. The first-order chi connectivity index (χ1) is 10.2. The second-order valence-corrected chi connectivity index (χ2v) is 4.73. The fourth-order valence-electron chi connectivity index (χ4n) is 2.08. The van der Waals surface area contributed by atoms with Crippen molar-refractivity contribution in [1.29, 1.82) is 0 Å². The third kappa shape index (κ3) is 4.99. The maximum atomic E-state index is 12.8. The number of carbonyl (C=O) groups is 1. The average Bonchev–Trinajstić information content (AvgIpc) is 2.48. The predicted octanol–water partition coefficient (Wildman–Crippen LogP) is 1.64. The lowest BCUT2D eigenvalue weighted by atomic mass is 10.2. The van der Waals surface area contributed by atoms with Crippen LogP contribution in [0.25, 0.3) is 0 Å². The highest BCUT2D eigenvalue weighted by atomic mass is 16.5.